The van der Waals surface area contributed by atoms with Crippen molar-refractivity contribution in [3.05, 3.63) is 70.4 Å². The van der Waals surface area contributed by atoms with Crippen molar-refractivity contribution in [1.29, 1.82) is 0 Å². The van der Waals surface area contributed by atoms with Gasteiger partial charge in [-0.1, -0.05) is 23.8 Å². The fourth-order valence-electron chi connectivity index (χ4n) is 2.51. The molecule has 6 heteroatoms. The van der Waals surface area contributed by atoms with Crippen molar-refractivity contribution < 1.29 is 13.2 Å². The van der Waals surface area contributed by atoms with Crippen LogP contribution in [0.2, 0.25) is 5.15 Å². The third kappa shape index (κ3) is 2.57. The molecule has 0 atom stereocenters. The zero-order valence-corrected chi connectivity index (χ0v) is 12.4. The van der Waals surface area contributed by atoms with E-state index >= 15 is 0 Å². The number of hydrogen-bond acceptors (Lipinski definition) is 2. The van der Waals surface area contributed by atoms with E-state index in [-0.39, 0.29) is 5.15 Å². The van der Waals surface area contributed by atoms with Gasteiger partial charge in [-0.25, -0.2) is 4.98 Å². The molecule has 1 aromatic rings. The smallest absolute Gasteiger partial charge is 0.313 e. The molecule has 2 aliphatic rings. The van der Waals surface area contributed by atoms with Crippen LogP contribution in [0.25, 0.3) is 5.57 Å². The van der Waals surface area contributed by atoms with Crippen LogP contribution in [0.4, 0.5) is 13.2 Å². The van der Waals surface area contributed by atoms with Gasteiger partial charge in [-0.05, 0) is 37.1 Å². The standard InChI is InChI=1S/C16H12ClF3N2/c1-10-4-7-14(16(18,19)20)22-9-11(5-6-13(10)22)12-3-2-8-21-15(12)17/h2-3,5-9H,4H2,1H3. The molecule has 0 amide bonds. The van der Waals surface area contributed by atoms with Crippen molar-refractivity contribution in [3.63, 3.8) is 0 Å². The molecule has 3 heterocycles. The Labute approximate surface area is 130 Å². The number of allylic oxidation sites excluding steroid dienone is 6. The largest absolute Gasteiger partial charge is 0.431 e. The highest BCUT2D eigenvalue weighted by Crippen LogP contribution is 2.40. The van der Waals surface area contributed by atoms with Crippen LogP contribution in [0.15, 0.2) is 59.7 Å². The van der Waals surface area contributed by atoms with E-state index in [0.717, 1.165) is 5.57 Å². The molecule has 0 bridgehead atoms. The fraction of sp³-hybridized carbons (Fsp3) is 0.188. The predicted octanol–water partition coefficient (Wildman–Crippen LogP) is 5.07. The minimum atomic E-state index is -4.41. The van der Waals surface area contributed by atoms with E-state index in [9.17, 15) is 13.2 Å². The second-order valence-electron chi connectivity index (χ2n) is 5.09. The number of hydrogen-bond donors (Lipinski definition) is 0. The molecular formula is C16H12ClF3N2. The molecule has 0 aromatic carbocycles. The summed E-state index contributed by atoms with van der Waals surface area (Å²) in [7, 11) is 0. The third-order valence-electron chi connectivity index (χ3n) is 3.61. The molecule has 0 saturated heterocycles. The van der Waals surface area contributed by atoms with Crippen molar-refractivity contribution in [1.82, 2.24) is 9.88 Å². The van der Waals surface area contributed by atoms with E-state index in [1.807, 2.05) is 6.92 Å². The number of aromatic nitrogens is 1. The summed E-state index contributed by atoms with van der Waals surface area (Å²) in [6.45, 7) is 1.83. The second kappa shape index (κ2) is 5.32. The molecule has 22 heavy (non-hydrogen) atoms. The van der Waals surface area contributed by atoms with Gasteiger partial charge < -0.3 is 4.90 Å². The Balaban J connectivity index is 2.08. The van der Waals surface area contributed by atoms with Crippen LogP contribution < -0.4 is 0 Å². The van der Waals surface area contributed by atoms with Gasteiger partial charge >= 0.3 is 6.18 Å². The Hall–Kier alpha value is -2.01. The highest BCUT2D eigenvalue weighted by molar-refractivity contribution is 6.31. The van der Waals surface area contributed by atoms with Crippen LogP contribution in [0.5, 0.6) is 0 Å². The van der Waals surface area contributed by atoms with Gasteiger partial charge in [0.15, 0.2) is 0 Å². The molecular weight excluding hydrogens is 313 g/mol. The van der Waals surface area contributed by atoms with Crippen LogP contribution in [0.1, 0.15) is 18.9 Å². The molecule has 1 aromatic heterocycles. The fourth-order valence-corrected chi connectivity index (χ4v) is 2.74. The molecule has 0 N–H and O–H groups in total. The van der Waals surface area contributed by atoms with Crippen LogP contribution >= 0.6 is 11.6 Å². The molecule has 0 aliphatic carbocycles. The molecule has 3 rings (SSSR count). The first-order chi connectivity index (χ1) is 10.4. The maximum Gasteiger partial charge on any atom is 0.431 e. The normalized spacial score (nSPS) is 18.1. The van der Waals surface area contributed by atoms with Gasteiger partial charge in [0.05, 0.1) is 0 Å². The number of pyridine rings is 1. The van der Waals surface area contributed by atoms with Crippen molar-refractivity contribution in [3.8, 4) is 0 Å². The van der Waals surface area contributed by atoms with Crippen LogP contribution in [-0.4, -0.2) is 16.1 Å². The number of nitrogens with zero attached hydrogens (tertiary/aromatic N) is 2. The first-order valence-corrected chi connectivity index (χ1v) is 7.03. The van der Waals surface area contributed by atoms with Gasteiger partial charge in [0.2, 0.25) is 0 Å². The van der Waals surface area contributed by atoms with Crippen molar-refractivity contribution in [2.75, 3.05) is 0 Å². The first kappa shape index (κ1) is 14.9. The van der Waals surface area contributed by atoms with E-state index in [2.05, 4.69) is 4.98 Å². The van der Waals surface area contributed by atoms with Crippen LogP contribution in [0, 0.1) is 0 Å². The van der Waals surface area contributed by atoms with Gasteiger partial charge in [0, 0.05) is 29.2 Å². The summed E-state index contributed by atoms with van der Waals surface area (Å²) in [5.74, 6) is 0. The monoisotopic (exact) mass is 324 g/mol. The maximum atomic E-state index is 13.2. The zero-order chi connectivity index (χ0) is 15.9. The molecule has 2 aliphatic heterocycles. The summed E-state index contributed by atoms with van der Waals surface area (Å²) in [6.07, 6.45) is 3.54. The Morgan fingerprint density at radius 1 is 1.27 bits per heavy atom. The number of fused-ring (bicyclic) bond motifs is 1. The van der Waals surface area contributed by atoms with Gasteiger partial charge in [-0.3, -0.25) is 0 Å². The van der Waals surface area contributed by atoms with Crippen LogP contribution in [0.3, 0.4) is 0 Å². The minimum Gasteiger partial charge on any atom is -0.313 e. The van der Waals surface area contributed by atoms with Crippen LogP contribution in [-0.2, 0) is 0 Å². The average molecular weight is 325 g/mol. The highest BCUT2D eigenvalue weighted by Gasteiger charge is 2.40. The third-order valence-corrected chi connectivity index (χ3v) is 3.91. The van der Waals surface area contributed by atoms with Gasteiger partial charge in [0.25, 0.3) is 0 Å². The predicted molar refractivity (Wildman–Crippen MR) is 79.7 cm³/mol. The topological polar surface area (TPSA) is 16.1 Å². The van der Waals surface area contributed by atoms with E-state index < -0.39 is 11.9 Å². The van der Waals surface area contributed by atoms with Crippen molar-refractivity contribution >= 4 is 17.2 Å². The quantitative estimate of drug-likeness (QED) is 0.670. The van der Waals surface area contributed by atoms with E-state index in [1.165, 1.54) is 23.4 Å². The molecule has 0 saturated carbocycles. The summed E-state index contributed by atoms with van der Waals surface area (Å²) < 4.78 is 39.7. The molecule has 0 radical (unpaired) electrons. The second-order valence-corrected chi connectivity index (χ2v) is 5.44. The molecule has 0 fully saturated rings. The summed E-state index contributed by atoms with van der Waals surface area (Å²) in [5.41, 5.74) is 1.96. The van der Waals surface area contributed by atoms with E-state index in [1.54, 1.807) is 24.3 Å². The lowest BCUT2D eigenvalue weighted by Crippen LogP contribution is -2.31. The summed E-state index contributed by atoms with van der Waals surface area (Å²) in [5, 5.41) is 0.261. The Kier molecular flexibility index (Phi) is 3.60. The highest BCUT2D eigenvalue weighted by atomic mass is 35.5. The minimum absolute atomic E-state index is 0.261. The van der Waals surface area contributed by atoms with Crippen molar-refractivity contribution in [2.24, 2.45) is 0 Å². The molecule has 2 nitrogen and oxygen atoms in total. The molecule has 0 spiro atoms. The summed E-state index contributed by atoms with van der Waals surface area (Å²) in [6, 6.07) is 3.43. The Morgan fingerprint density at radius 3 is 2.73 bits per heavy atom. The SMILES string of the molecule is CC1=C2C=CC(c3cccnc3Cl)=CN2C(C(F)(F)F)=CC1. The number of alkyl halides is 3. The molecule has 114 valence electrons. The Bertz CT molecular complexity index is 742. The summed E-state index contributed by atoms with van der Waals surface area (Å²) in [4.78, 5) is 5.14. The average Bonchev–Trinajstić information content (AvgIpc) is 2.46. The van der Waals surface area contributed by atoms with E-state index in [0.29, 0.717) is 23.3 Å². The van der Waals surface area contributed by atoms with Gasteiger partial charge in [-0.2, -0.15) is 13.2 Å². The van der Waals surface area contributed by atoms with Gasteiger partial charge in [0.1, 0.15) is 10.9 Å². The Morgan fingerprint density at radius 2 is 2.05 bits per heavy atom. The molecule has 0 unspecified atom stereocenters. The lowest BCUT2D eigenvalue weighted by Gasteiger charge is -2.33. The zero-order valence-electron chi connectivity index (χ0n) is 11.7. The van der Waals surface area contributed by atoms with Gasteiger partial charge in [-0.15, -0.1) is 0 Å². The number of rotatable bonds is 1. The maximum absolute atomic E-state index is 13.2. The lowest BCUT2D eigenvalue weighted by atomic mass is 9.98. The first-order valence-electron chi connectivity index (χ1n) is 6.65. The summed E-state index contributed by atoms with van der Waals surface area (Å²) >= 11 is 6.03. The number of halogens is 4. The van der Waals surface area contributed by atoms with E-state index in [4.69, 9.17) is 11.6 Å². The van der Waals surface area contributed by atoms with Crippen molar-refractivity contribution in [2.45, 2.75) is 19.5 Å². The lowest BCUT2D eigenvalue weighted by molar-refractivity contribution is -0.106.